The van der Waals surface area contributed by atoms with Crippen molar-refractivity contribution in [2.24, 2.45) is 0 Å². The molecule has 2 atom stereocenters. The number of benzene rings is 2. The zero-order chi connectivity index (χ0) is 24.8. The van der Waals surface area contributed by atoms with Crippen molar-refractivity contribution in [3.05, 3.63) is 63.9 Å². The third-order valence-electron chi connectivity index (χ3n) is 5.62. The van der Waals surface area contributed by atoms with Gasteiger partial charge in [0.05, 0.1) is 4.47 Å². The minimum Gasteiger partial charge on any atom is -0.483 e. The van der Waals surface area contributed by atoms with Crippen LogP contribution in [-0.4, -0.2) is 35.4 Å². The lowest BCUT2D eigenvalue weighted by molar-refractivity contribution is -0.142. The molecule has 2 aromatic rings. The van der Waals surface area contributed by atoms with Gasteiger partial charge in [0.1, 0.15) is 17.6 Å². The number of amides is 2. The molecule has 0 radical (unpaired) electrons. The van der Waals surface area contributed by atoms with Crippen molar-refractivity contribution in [1.29, 1.82) is 0 Å². The van der Waals surface area contributed by atoms with E-state index in [9.17, 15) is 14.0 Å². The standard InChI is InChI=1S/C26H34BrFN2O3/c1-7-17(2)29-25(32)18(3)30(15-19-10-8-9-11-22(19)28)24(31)16-33-23-13-12-20(14-21(23)27)26(4,5)6/h8-14,17-18H,7,15-16H2,1-6H3,(H,29,32)/t17-,18+/m1/s1. The Morgan fingerprint density at radius 1 is 1.15 bits per heavy atom. The molecule has 7 heteroatoms. The van der Waals surface area contributed by atoms with Gasteiger partial charge in [0.25, 0.3) is 5.91 Å². The molecule has 33 heavy (non-hydrogen) atoms. The summed E-state index contributed by atoms with van der Waals surface area (Å²) < 4.78 is 20.8. The van der Waals surface area contributed by atoms with Crippen molar-refractivity contribution in [2.45, 2.75) is 72.0 Å². The van der Waals surface area contributed by atoms with Gasteiger partial charge in [-0.3, -0.25) is 9.59 Å². The Hall–Kier alpha value is -2.41. The zero-order valence-electron chi connectivity index (χ0n) is 20.2. The summed E-state index contributed by atoms with van der Waals surface area (Å²) in [6.45, 7) is 11.5. The van der Waals surface area contributed by atoms with Crippen LogP contribution in [0.2, 0.25) is 0 Å². The molecule has 180 valence electrons. The highest BCUT2D eigenvalue weighted by Gasteiger charge is 2.28. The molecule has 0 heterocycles. The second kappa shape index (κ2) is 11.6. The van der Waals surface area contributed by atoms with E-state index in [1.807, 2.05) is 32.0 Å². The molecular weight excluding hydrogens is 487 g/mol. The van der Waals surface area contributed by atoms with Crippen LogP contribution in [0.15, 0.2) is 46.9 Å². The highest BCUT2D eigenvalue weighted by Crippen LogP contribution is 2.31. The Kier molecular flexibility index (Phi) is 9.46. The van der Waals surface area contributed by atoms with Gasteiger partial charge in [-0.2, -0.15) is 0 Å². The average Bonchev–Trinajstić information content (AvgIpc) is 2.76. The van der Waals surface area contributed by atoms with Crippen LogP contribution in [0, 0.1) is 5.82 Å². The minimum absolute atomic E-state index is 0.0220. The van der Waals surface area contributed by atoms with Crippen LogP contribution >= 0.6 is 15.9 Å². The molecule has 2 amide bonds. The number of hydrogen-bond acceptors (Lipinski definition) is 3. The van der Waals surface area contributed by atoms with Crippen LogP contribution < -0.4 is 10.1 Å². The van der Waals surface area contributed by atoms with E-state index in [4.69, 9.17) is 4.74 Å². The Morgan fingerprint density at radius 3 is 2.39 bits per heavy atom. The van der Waals surface area contributed by atoms with Crippen molar-refractivity contribution in [3.63, 3.8) is 0 Å². The molecule has 0 saturated carbocycles. The van der Waals surface area contributed by atoms with Crippen LogP contribution in [0.25, 0.3) is 0 Å². The monoisotopic (exact) mass is 520 g/mol. The molecule has 0 fully saturated rings. The van der Waals surface area contributed by atoms with Gasteiger partial charge in [0.15, 0.2) is 6.61 Å². The Bertz CT molecular complexity index is 974. The maximum atomic E-state index is 14.3. The van der Waals surface area contributed by atoms with E-state index in [-0.39, 0.29) is 30.5 Å². The van der Waals surface area contributed by atoms with Crippen molar-refractivity contribution in [2.75, 3.05) is 6.61 Å². The third kappa shape index (κ3) is 7.56. The van der Waals surface area contributed by atoms with Crippen molar-refractivity contribution < 1.29 is 18.7 Å². The molecule has 0 saturated heterocycles. The summed E-state index contributed by atoms with van der Waals surface area (Å²) >= 11 is 3.51. The van der Waals surface area contributed by atoms with Crippen LogP contribution in [0.4, 0.5) is 4.39 Å². The minimum atomic E-state index is -0.790. The van der Waals surface area contributed by atoms with Gasteiger partial charge in [-0.15, -0.1) is 0 Å². The molecule has 2 rings (SSSR count). The molecule has 0 aliphatic rings. The second-order valence-electron chi connectivity index (χ2n) is 9.29. The van der Waals surface area contributed by atoms with Crippen LogP contribution in [0.3, 0.4) is 0 Å². The second-order valence-corrected chi connectivity index (χ2v) is 10.1. The fourth-order valence-electron chi connectivity index (χ4n) is 3.17. The first-order valence-electron chi connectivity index (χ1n) is 11.2. The largest absolute Gasteiger partial charge is 0.483 e. The molecule has 0 spiro atoms. The molecule has 0 aliphatic carbocycles. The number of halogens is 2. The van der Waals surface area contributed by atoms with E-state index in [2.05, 4.69) is 42.0 Å². The van der Waals surface area contributed by atoms with Crippen molar-refractivity contribution in [1.82, 2.24) is 10.2 Å². The van der Waals surface area contributed by atoms with Gasteiger partial charge in [-0.1, -0.05) is 52.0 Å². The molecule has 0 bridgehead atoms. The fraction of sp³-hybridized carbons (Fsp3) is 0.462. The Morgan fingerprint density at radius 2 is 1.82 bits per heavy atom. The Labute approximate surface area is 204 Å². The van der Waals surface area contributed by atoms with Gasteiger partial charge in [0, 0.05) is 18.2 Å². The van der Waals surface area contributed by atoms with E-state index < -0.39 is 17.8 Å². The number of carbonyl (C=O) groups excluding carboxylic acids is 2. The van der Waals surface area contributed by atoms with Crippen LogP contribution in [-0.2, 0) is 21.5 Å². The summed E-state index contributed by atoms with van der Waals surface area (Å²) in [6, 6.07) is 11.2. The van der Waals surface area contributed by atoms with Crippen LogP contribution in [0.5, 0.6) is 5.75 Å². The van der Waals surface area contributed by atoms with E-state index in [0.29, 0.717) is 11.3 Å². The number of rotatable bonds is 9. The predicted molar refractivity (Wildman–Crippen MR) is 133 cm³/mol. The maximum Gasteiger partial charge on any atom is 0.261 e. The van der Waals surface area contributed by atoms with Gasteiger partial charge in [-0.25, -0.2) is 4.39 Å². The number of ether oxygens (including phenoxy) is 1. The summed E-state index contributed by atoms with van der Waals surface area (Å²) in [7, 11) is 0. The van der Waals surface area contributed by atoms with Gasteiger partial charge >= 0.3 is 0 Å². The van der Waals surface area contributed by atoms with Crippen molar-refractivity contribution in [3.8, 4) is 5.75 Å². The van der Waals surface area contributed by atoms with E-state index in [0.717, 1.165) is 16.5 Å². The summed E-state index contributed by atoms with van der Waals surface area (Å²) in [6.07, 6.45) is 0.765. The quantitative estimate of drug-likeness (QED) is 0.468. The van der Waals surface area contributed by atoms with Crippen LogP contribution in [0.1, 0.15) is 59.1 Å². The fourth-order valence-corrected chi connectivity index (χ4v) is 3.66. The summed E-state index contributed by atoms with van der Waals surface area (Å²) in [4.78, 5) is 27.3. The Balaban J connectivity index is 2.20. The molecular formula is C26H34BrFN2O3. The highest BCUT2D eigenvalue weighted by molar-refractivity contribution is 9.10. The SMILES string of the molecule is CC[C@@H](C)NC(=O)[C@H](C)N(Cc1ccccc1F)C(=O)COc1ccc(C(C)(C)C)cc1Br. The maximum absolute atomic E-state index is 14.3. The van der Waals surface area contributed by atoms with Gasteiger partial charge < -0.3 is 15.0 Å². The van der Waals surface area contributed by atoms with E-state index in [1.165, 1.54) is 11.0 Å². The molecule has 0 unspecified atom stereocenters. The van der Waals surface area contributed by atoms with Gasteiger partial charge in [-0.05, 0) is 65.4 Å². The number of carbonyl (C=O) groups is 2. The predicted octanol–water partition coefficient (Wildman–Crippen LogP) is 5.60. The lowest BCUT2D eigenvalue weighted by atomic mass is 9.87. The lowest BCUT2D eigenvalue weighted by Crippen LogP contribution is -2.50. The molecule has 2 aromatic carbocycles. The lowest BCUT2D eigenvalue weighted by Gasteiger charge is -2.29. The van der Waals surface area contributed by atoms with E-state index >= 15 is 0 Å². The molecule has 0 aromatic heterocycles. The summed E-state index contributed by atoms with van der Waals surface area (Å²) in [5.74, 6) is -0.591. The van der Waals surface area contributed by atoms with Crippen molar-refractivity contribution >= 4 is 27.7 Å². The number of hydrogen-bond donors (Lipinski definition) is 1. The van der Waals surface area contributed by atoms with Gasteiger partial charge in [0.2, 0.25) is 5.91 Å². The first kappa shape index (κ1) is 26.8. The topological polar surface area (TPSA) is 58.6 Å². The smallest absolute Gasteiger partial charge is 0.261 e. The normalized spacial score (nSPS) is 13.2. The van der Waals surface area contributed by atoms with E-state index in [1.54, 1.807) is 25.1 Å². The first-order valence-corrected chi connectivity index (χ1v) is 12.0. The molecule has 5 nitrogen and oxygen atoms in total. The summed E-state index contributed by atoms with van der Waals surface area (Å²) in [5.41, 5.74) is 1.44. The zero-order valence-corrected chi connectivity index (χ0v) is 21.8. The number of nitrogens with one attached hydrogen (secondary N) is 1. The first-order chi connectivity index (χ1) is 15.4. The average molecular weight is 521 g/mol. The third-order valence-corrected chi connectivity index (χ3v) is 6.24. The summed E-state index contributed by atoms with van der Waals surface area (Å²) in [5, 5.41) is 2.89. The number of nitrogens with zero attached hydrogens (tertiary/aromatic N) is 1. The highest BCUT2D eigenvalue weighted by atomic mass is 79.9. The molecule has 1 N–H and O–H groups in total. The molecule has 0 aliphatic heterocycles.